The van der Waals surface area contributed by atoms with Crippen molar-refractivity contribution in [2.75, 3.05) is 26.7 Å². The molecule has 0 aromatic heterocycles. The number of carbonyl (C=O) groups is 2. The molecule has 0 bridgehead atoms. The lowest BCUT2D eigenvalue weighted by Gasteiger charge is -2.17. The Hall–Kier alpha value is -0.950. The molecule has 1 aliphatic rings. The first kappa shape index (κ1) is 10.1. The highest BCUT2D eigenvalue weighted by atomic mass is 32.2. The average Bonchev–Trinajstić information content (AvgIpc) is 2.34. The van der Waals surface area contributed by atoms with Gasteiger partial charge in [-0.1, -0.05) is 0 Å². The van der Waals surface area contributed by atoms with Gasteiger partial charge in [-0.15, -0.1) is 0 Å². The number of amides is 1. The zero-order valence-electron chi connectivity index (χ0n) is 7.10. The van der Waals surface area contributed by atoms with E-state index in [1.165, 1.54) is 8.61 Å². The van der Waals surface area contributed by atoms with Gasteiger partial charge in [-0.25, -0.2) is 13.4 Å². The molecular weight excluding hydrogens is 196 g/mol. The SMILES string of the molecule is CN(CC(=O)O)SN1CCOC1=O. The highest BCUT2D eigenvalue weighted by Crippen LogP contribution is 2.18. The van der Waals surface area contributed by atoms with Crippen LogP contribution in [0.4, 0.5) is 4.79 Å². The van der Waals surface area contributed by atoms with Gasteiger partial charge in [0.15, 0.2) is 0 Å². The summed E-state index contributed by atoms with van der Waals surface area (Å²) >= 11 is 1.05. The third-order valence-corrected chi connectivity index (χ3v) is 2.26. The molecule has 0 unspecified atom stereocenters. The van der Waals surface area contributed by atoms with Gasteiger partial charge in [0.1, 0.15) is 13.2 Å². The summed E-state index contributed by atoms with van der Waals surface area (Å²) in [6, 6.07) is 0. The molecule has 0 saturated carbocycles. The van der Waals surface area contributed by atoms with Gasteiger partial charge >= 0.3 is 12.1 Å². The monoisotopic (exact) mass is 206 g/mol. The standard InChI is InChI=1S/C6H10N2O4S/c1-7(4-5(9)10)13-8-2-3-12-6(8)11/h2-4H2,1H3,(H,9,10). The molecule has 1 heterocycles. The normalized spacial score (nSPS) is 16.5. The van der Waals surface area contributed by atoms with E-state index in [4.69, 9.17) is 5.11 Å². The topological polar surface area (TPSA) is 70.1 Å². The smallest absolute Gasteiger partial charge is 0.421 e. The molecule has 0 spiro atoms. The van der Waals surface area contributed by atoms with E-state index < -0.39 is 12.1 Å². The van der Waals surface area contributed by atoms with Crippen LogP contribution in [-0.2, 0) is 9.53 Å². The summed E-state index contributed by atoms with van der Waals surface area (Å²) in [5, 5.41) is 8.43. The Morgan fingerprint density at radius 3 is 3.00 bits per heavy atom. The third kappa shape index (κ3) is 3.11. The number of nitrogens with zero attached hydrogens (tertiary/aromatic N) is 2. The number of likely N-dealkylation sites (N-methyl/N-ethyl adjacent to an activating group) is 1. The summed E-state index contributed by atoms with van der Waals surface area (Å²) in [5.74, 6) is -0.928. The number of aliphatic carboxylic acids is 1. The molecule has 1 rings (SSSR count). The van der Waals surface area contributed by atoms with E-state index in [9.17, 15) is 9.59 Å². The van der Waals surface area contributed by atoms with E-state index in [0.717, 1.165) is 12.1 Å². The van der Waals surface area contributed by atoms with Crippen LogP contribution in [-0.4, -0.2) is 52.5 Å². The van der Waals surface area contributed by atoms with Crippen molar-refractivity contribution in [1.29, 1.82) is 0 Å². The Morgan fingerprint density at radius 1 is 1.85 bits per heavy atom. The predicted octanol–water partition coefficient (Wildman–Crippen LogP) is 0.0182. The first-order valence-electron chi connectivity index (χ1n) is 3.65. The second kappa shape index (κ2) is 4.33. The van der Waals surface area contributed by atoms with Crippen LogP contribution in [0.25, 0.3) is 0 Å². The summed E-state index contributed by atoms with van der Waals surface area (Å²) in [7, 11) is 1.60. The van der Waals surface area contributed by atoms with Crippen molar-refractivity contribution in [1.82, 2.24) is 8.61 Å². The van der Waals surface area contributed by atoms with Crippen LogP contribution in [0.5, 0.6) is 0 Å². The number of carboxylic acids is 1. The number of hydrogen-bond donors (Lipinski definition) is 1. The van der Waals surface area contributed by atoms with E-state index in [-0.39, 0.29) is 6.54 Å². The predicted molar refractivity (Wildman–Crippen MR) is 45.9 cm³/mol. The molecule has 1 saturated heterocycles. The molecule has 1 fully saturated rings. The first-order chi connectivity index (χ1) is 6.09. The zero-order chi connectivity index (χ0) is 9.84. The Balaban J connectivity index is 2.30. The lowest BCUT2D eigenvalue weighted by Crippen LogP contribution is -2.27. The number of carbonyl (C=O) groups excluding carboxylic acids is 1. The number of carboxylic acid groups (broad SMARTS) is 1. The van der Waals surface area contributed by atoms with Gasteiger partial charge in [-0.05, 0) is 7.05 Å². The summed E-state index contributed by atoms with van der Waals surface area (Å²) < 4.78 is 7.49. The molecule has 0 aliphatic carbocycles. The van der Waals surface area contributed by atoms with Crippen molar-refractivity contribution in [2.24, 2.45) is 0 Å². The molecule has 0 aromatic rings. The maximum Gasteiger partial charge on any atom is 0.421 e. The fourth-order valence-corrected chi connectivity index (χ4v) is 1.62. The van der Waals surface area contributed by atoms with Crippen molar-refractivity contribution in [3.63, 3.8) is 0 Å². The second-order valence-corrected chi connectivity index (χ2v) is 3.71. The van der Waals surface area contributed by atoms with Crippen LogP contribution in [0, 0.1) is 0 Å². The van der Waals surface area contributed by atoms with Crippen LogP contribution >= 0.6 is 12.1 Å². The van der Waals surface area contributed by atoms with Gasteiger partial charge in [-0.2, -0.15) is 0 Å². The summed E-state index contributed by atoms with van der Waals surface area (Å²) in [4.78, 5) is 21.2. The second-order valence-electron chi connectivity index (χ2n) is 2.48. The average molecular weight is 206 g/mol. The minimum atomic E-state index is -0.928. The van der Waals surface area contributed by atoms with Gasteiger partial charge in [0.2, 0.25) is 0 Å². The number of cyclic esters (lactones) is 1. The van der Waals surface area contributed by atoms with E-state index in [2.05, 4.69) is 4.74 Å². The number of rotatable bonds is 4. The van der Waals surface area contributed by atoms with Crippen molar-refractivity contribution in [3.05, 3.63) is 0 Å². The van der Waals surface area contributed by atoms with Crippen molar-refractivity contribution < 1.29 is 19.4 Å². The summed E-state index contributed by atoms with van der Waals surface area (Å²) in [6.07, 6.45) is -0.415. The molecule has 0 radical (unpaired) electrons. The Morgan fingerprint density at radius 2 is 2.54 bits per heavy atom. The lowest BCUT2D eigenvalue weighted by molar-refractivity contribution is -0.136. The molecular formula is C6H10N2O4S. The molecule has 1 N–H and O–H groups in total. The molecule has 0 aromatic carbocycles. The quantitative estimate of drug-likeness (QED) is 0.654. The summed E-state index contributed by atoms with van der Waals surface area (Å²) in [5.41, 5.74) is 0. The molecule has 13 heavy (non-hydrogen) atoms. The number of ether oxygens (including phenoxy) is 1. The van der Waals surface area contributed by atoms with Crippen molar-refractivity contribution in [2.45, 2.75) is 0 Å². The molecule has 1 amide bonds. The minimum absolute atomic E-state index is 0.117. The Bertz CT molecular complexity index is 223. The minimum Gasteiger partial charge on any atom is -0.480 e. The fourth-order valence-electron chi connectivity index (χ4n) is 0.841. The molecule has 0 atom stereocenters. The molecule has 6 nitrogen and oxygen atoms in total. The van der Waals surface area contributed by atoms with Crippen LogP contribution in [0.3, 0.4) is 0 Å². The first-order valence-corrected chi connectivity index (χ1v) is 4.38. The Kier molecular flexibility index (Phi) is 3.38. The third-order valence-electron chi connectivity index (χ3n) is 1.32. The lowest BCUT2D eigenvalue weighted by atomic mass is 10.7. The van der Waals surface area contributed by atoms with Crippen LogP contribution < -0.4 is 0 Å². The largest absolute Gasteiger partial charge is 0.480 e. The van der Waals surface area contributed by atoms with Crippen LogP contribution in [0.1, 0.15) is 0 Å². The van der Waals surface area contributed by atoms with Gasteiger partial charge in [-0.3, -0.25) is 4.79 Å². The van der Waals surface area contributed by atoms with E-state index in [1.54, 1.807) is 7.05 Å². The van der Waals surface area contributed by atoms with Crippen LogP contribution in [0.15, 0.2) is 0 Å². The van der Waals surface area contributed by atoms with Gasteiger partial charge in [0.05, 0.1) is 6.54 Å². The maximum atomic E-state index is 10.9. The van der Waals surface area contributed by atoms with E-state index in [1.807, 2.05) is 0 Å². The zero-order valence-corrected chi connectivity index (χ0v) is 7.91. The maximum absolute atomic E-state index is 10.9. The summed E-state index contributed by atoms with van der Waals surface area (Å²) in [6.45, 7) is 0.745. The van der Waals surface area contributed by atoms with Crippen LogP contribution in [0.2, 0.25) is 0 Å². The molecule has 7 heteroatoms. The molecule has 74 valence electrons. The molecule has 1 aliphatic heterocycles. The van der Waals surface area contributed by atoms with Gasteiger partial charge < -0.3 is 9.84 Å². The highest BCUT2D eigenvalue weighted by molar-refractivity contribution is 7.95. The van der Waals surface area contributed by atoms with Crippen molar-refractivity contribution >= 4 is 24.2 Å². The van der Waals surface area contributed by atoms with Gasteiger partial charge in [0.25, 0.3) is 0 Å². The highest BCUT2D eigenvalue weighted by Gasteiger charge is 2.24. The van der Waals surface area contributed by atoms with E-state index >= 15 is 0 Å². The number of hydrogen-bond acceptors (Lipinski definition) is 5. The Labute approximate surface area is 79.7 Å². The fraction of sp³-hybridized carbons (Fsp3) is 0.667. The van der Waals surface area contributed by atoms with E-state index in [0.29, 0.717) is 13.2 Å². The van der Waals surface area contributed by atoms with Gasteiger partial charge in [0, 0.05) is 12.1 Å². The van der Waals surface area contributed by atoms with Crippen molar-refractivity contribution in [3.8, 4) is 0 Å².